The van der Waals surface area contributed by atoms with Gasteiger partial charge in [-0.3, -0.25) is 4.68 Å². The average Bonchev–Trinajstić information content (AvgIpc) is 2.61. The summed E-state index contributed by atoms with van der Waals surface area (Å²) < 4.78 is 6.86. The summed E-state index contributed by atoms with van der Waals surface area (Å²) >= 11 is 0. The van der Waals surface area contributed by atoms with Gasteiger partial charge in [-0.25, -0.2) is 4.79 Å². The molecule has 0 aromatic carbocycles. The first-order valence-corrected chi connectivity index (χ1v) is 4.49. The van der Waals surface area contributed by atoms with Crippen molar-refractivity contribution in [2.24, 2.45) is 0 Å². The van der Waals surface area contributed by atoms with Gasteiger partial charge in [0, 0.05) is 18.3 Å². The predicted molar refractivity (Wildman–Crippen MR) is 49.8 cm³/mol. The van der Waals surface area contributed by atoms with Crippen LogP contribution in [0.5, 0.6) is 0 Å². The quantitative estimate of drug-likeness (QED) is 0.763. The number of aryl methyl sites for hydroxylation is 1. The van der Waals surface area contributed by atoms with Crippen molar-refractivity contribution < 1.29 is 14.6 Å². The minimum absolute atomic E-state index is 0.285. The fraction of sp³-hybridized carbons (Fsp3) is 0.556. The highest BCUT2D eigenvalue weighted by Crippen LogP contribution is 2.02. The molecule has 0 radical (unpaired) electrons. The first kappa shape index (κ1) is 10.7. The van der Waals surface area contributed by atoms with Gasteiger partial charge in [-0.1, -0.05) is 0 Å². The average molecular weight is 198 g/mol. The van der Waals surface area contributed by atoms with Gasteiger partial charge in [-0.2, -0.15) is 5.10 Å². The van der Waals surface area contributed by atoms with Crippen molar-refractivity contribution in [3.05, 3.63) is 18.0 Å². The van der Waals surface area contributed by atoms with E-state index >= 15 is 0 Å². The molecule has 0 aliphatic rings. The number of aromatic nitrogens is 2. The zero-order valence-electron chi connectivity index (χ0n) is 8.30. The monoisotopic (exact) mass is 198 g/mol. The van der Waals surface area contributed by atoms with Gasteiger partial charge in [0.1, 0.15) is 0 Å². The standard InChI is InChI=1S/C9H14N2O3/c1-3-11-5-8(4-10-11)6-14-7(2)9(12)13/h4-5,7H,3,6H2,1-2H3,(H,12,13). The highest BCUT2D eigenvalue weighted by atomic mass is 16.5. The molecule has 1 unspecified atom stereocenters. The molecule has 0 saturated carbocycles. The van der Waals surface area contributed by atoms with Crippen LogP contribution in [0.4, 0.5) is 0 Å². The predicted octanol–water partition coefficient (Wildman–Crippen LogP) is 0.893. The van der Waals surface area contributed by atoms with Gasteiger partial charge in [0.2, 0.25) is 0 Å². The molecular formula is C9H14N2O3. The van der Waals surface area contributed by atoms with E-state index in [4.69, 9.17) is 9.84 Å². The summed E-state index contributed by atoms with van der Waals surface area (Å²) in [5.41, 5.74) is 0.889. The van der Waals surface area contributed by atoms with E-state index in [1.165, 1.54) is 6.92 Å². The van der Waals surface area contributed by atoms with E-state index < -0.39 is 12.1 Å². The maximum Gasteiger partial charge on any atom is 0.332 e. The third-order valence-corrected chi connectivity index (χ3v) is 1.86. The van der Waals surface area contributed by atoms with Crippen LogP contribution in [0, 0.1) is 0 Å². The highest BCUT2D eigenvalue weighted by Gasteiger charge is 2.11. The molecule has 0 fully saturated rings. The van der Waals surface area contributed by atoms with Crippen molar-refractivity contribution in [2.45, 2.75) is 33.1 Å². The van der Waals surface area contributed by atoms with Gasteiger partial charge in [0.15, 0.2) is 6.10 Å². The molecule has 0 aliphatic heterocycles. The van der Waals surface area contributed by atoms with Crippen molar-refractivity contribution in [1.29, 1.82) is 0 Å². The fourth-order valence-electron chi connectivity index (χ4n) is 0.946. The Morgan fingerprint density at radius 3 is 3.00 bits per heavy atom. The van der Waals surface area contributed by atoms with Gasteiger partial charge in [-0.15, -0.1) is 0 Å². The van der Waals surface area contributed by atoms with E-state index in [1.54, 1.807) is 10.9 Å². The molecule has 1 heterocycles. The van der Waals surface area contributed by atoms with E-state index in [9.17, 15) is 4.79 Å². The molecule has 0 bridgehead atoms. The van der Waals surface area contributed by atoms with Crippen molar-refractivity contribution in [2.75, 3.05) is 0 Å². The maximum atomic E-state index is 10.4. The molecule has 14 heavy (non-hydrogen) atoms. The van der Waals surface area contributed by atoms with E-state index in [1.807, 2.05) is 13.1 Å². The van der Waals surface area contributed by atoms with Gasteiger partial charge < -0.3 is 9.84 Å². The zero-order valence-corrected chi connectivity index (χ0v) is 8.30. The third kappa shape index (κ3) is 2.85. The van der Waals surface area contributed by atoms with Crippen LogP contribution >= 0.6 is 0 Å². The van der Waals surface area contributed by atoms with Crippen LogP contribution in [-0.2, 0) is 22.7 Å². The number of rotatable bonds is 5. The molecule has 5 nitrogen and oxygen atoms in total. The second-order valence-electron chi connectivity index (χ2n) is 3.00. The Labute approximate surface area is 82.3 Å². The number of carboxylic acids is 1. The number of aliphatic carboxylic acids is 1. The molecule has 0 amide bonds. The fourth-order valence-corrected chi connectivity index (χ4v) is 0.946. The number of carbonyl (C=O) groups is 1. The van der Waals surface area contributed by atoms with E-state index in [-0.39, 0.29) is 6.61 Å². The van der Waals surface area contributed by atoms with Crippen LogP contribution in [0.1, 0.15) is 19.4 Å². The lowest BCUT2D eigenvalue weighted by Gasteiger charge is -2.05. The van der Waals surface area contributed by atoms with Crippen molar-refractivity contribution in [3.8, 4) is 0 Å². The summed E-state index contributed by atoms with van der Waals surface area (Å²) in [4.78, 5) is 10.4. The normalized spacial score (nSPS) is 12.7. The lowest BCUT2D eigenvalue weighted by molar-refractivity contribution is -0.149. The number of ether oxygens (including phenoxy) is 1. The lowest BCUT2D eigenvalue weighted by atomic mass is 10.3. The van der Waals surface area contributed by atoms with Crippen molar-refractivity contribution in [1.82, 2.24) is 9.78 Å². The van der Waals surface area contributed by atoms with Crippen LogP contribution in [0.3, 0.4) is 0 Å². The second kappa shape index (κ2) is 4.76. The summed E-state index contributed by atoms with van der Waals surface area (Å²) in [6.45, 7) is 4.58. The summed E-state index contributed by atoms with van der Waals surface area (Å²) in [7, 11) is 0. The smallest absolute Gasteiger partial charge is 0.332 e. The molecule has 0 spiro atoms. The molecule has 1 rings (SSSR count). The van der Waals surface area contributed by atoms with Crippen molar-refractivity contribution >= 4 is 5.97 Å². The molecular weight excluding hydrogens is 184 g/mol. The Morgan fingerprint density at radius 1 is 1.79 bits per heavy atom. The molecule has 5 heteroatoms. The Hall–Kier alpha value is -1.36. The Morgan fingerprint density at radius 2 is 2.50 bits per heavy atom. The zero-order chi connectivity index (χ0) is 10.6. The molecule has 0 aliphatic carbocycles. The van der Waals surface area contributed by atoms with Gasteiger partial charge in [0.25, 0.3) is 0 Å². The molecule has 78 valence electrons. The van der Waals surface area contributed by atoms with Crippen molar-refractivity contribution in [3.63, 3.8) is 0 Å². The van der Waals surface area contributed by atoms with E-state index in [2.05, 4.69) is 5.10 Å². The summed E-state index contributed by atoms with van der Waals surface area (Å²) in [6.07, 6.45) is 2.74. The highest BCUT2D eigenvalue weighted by molar-refractivity contribution is 5.71. The Balaban J connectivity index is 2.41. The third-order valence-electron chi connectivity index (χ3n) is 1.86. The molecule has 1 atom stereocenters. The van der Waals surface area contributed by atoms with Gasteiger partial charge in [0.05, 0.1) is 12.8 Å². The molecule has 0 saturated heterocycles. The van der Waals surface area contributed by atoms with Crippen LogP contribution in [0.15, 0.2) is 12.4 Å². The topological polar surface area (TPSA) is 64.3 Å². The maximum absolute atomic E-state index is 10.4. The minimum Gasteiger partial charge on any atom is -0.479 e. The van der Waals surface area contributed by atoms with Crippen LogP contribution < -0.4 is 0 Å². The van der Waals surface area contributed by atoms with E-state index in [0.29, 0.717) is 0 Å². The Kier molecular flexibility index (Phi) is 3.64. The van der Waals surface area contributed by atoms with E-state index in [0.717, 1.165) is 12.1 Å². The summed E-state index contributed by atoms with van der Waals surface area (Å²) in [6, 6.07) is 0. The number of nitrogens with zero attached hydrogens (tertiary/aromatic N) is 2. The van der Waals surface area contributed by atoms with Crippen LogP contribution in [0.2, 0.25) is 0 Å². The number of hydrogen-bond donors (Lipinski definition) is 1. The second-order valence-corrected chi connectivity index (χ2v) is 3.00. The number of carboxylic acid groups (broad SMARTS) is 1. The van der Waals surface area contributed by atoms with Crippen LogP contribution in [-0.4, -0.2) is 27.0 Å². The SMILES string of the molecule is CCn1cc(COC(C)C(=O)O)cn1. The molecule has 1 aromatic heterocycles. The number of hydrogen-bond acceptors (Lipinski definition) is 3. The lowest BCUT2D eigenvalue weighted by Crippen LogP contribution is -2.19. The summed E-state index contributed by atoms with van der Waals surface area (Å²) in [5.74, 6) is -0.951. The largest absolute Gasteiger partial charge is 0.479 e. The van der Waals surface area contributed by atoms with Gasteiger partial charge >= 0.3 is 5.97 Å². The van der Waals surface area contributed by atoms with Gasteiger partial charge in [-0.05, 0) is 13.8 Å². The first-order valence-electron chi connectivity index (χ1n) is 4.49. The van der Waals surface area contributed by atoms with Crippen LogP contribution in [0.25, 0.3) is 0 Å². The first-order chi connectivity index (χ1) is 6.63. The minimum atomic E-state index is -0.951. The molecule has 1 N–H and O–H groups in total. The molecule has 1 aromatic rings. The summed E-state index contributed by atoms with van der Waals surface area (Å²) in [5, 5.41) is 12.6. The Bertz CT molecular complexity index is 309.